The molecule has 0 bridgehead atoms. The molecule has 0 spiro atoms. The zero-order valence-corrected chi connectivity index (χ0v) is 19.1. The average molecular weight is 496 g/mol. The Balaban J connectivity index is 0.000000344. The molecular weight excluding hydrogens is 471 g/mol. The smallest absolute Gasteiger partial charge is 0.475 e. The van der Waals surface area contributed by atoms with Crippen molar-refractivity contribution in [3.05, 3.63) is 46.5 Å². The lowest BCUT2D eigenvalue weighted by molar-refractivity contribution is -0.192. The van der Waals surface area contributed by atoms with Crippen molar-refractivity contribution in [3.63, 3.8) is 0 Å². The molecule has 3 aromatic rings. The number of aromatic nitrogens is 3. The SMILES string of the molecule is O=C(O)C(F)(F)F.O=C(c1ccsc1)N1CCC(c2nc3ccc(N4CCCC4)cn3n2)CC1. The maximum absolute atomic E-state index is 12.5. The van der Waals surface area contributed by atoms with E-state index in [1.165, 1.54) is 18.5 Å². The van der Waals surface area contributed by atoms with Gasteiger partial charge in [-0.25, -0.2) is 14.3 Å². The fourth-order valence-corrected chi connectivity index (χ4v) is 4.76. The second kappa shape index (κ2) is 10.00. The van der Waals surface area contributed by atoms with Gasteiger partial charge in [-0.2, -0.15) is 29.6 Å². The van der Waals surface area contributed by atoms with Crippen molar-refractivity contribution in [2.24, 2.45) is 0 Å². The normalized spacial score (nSPS) is 17.0. The number of nitrogens with zero attached hydrogens (tertiary/aromatic N) is 5. The van der Waals surface area contributed by atoms with Gasteiger partial charge < -0.3 is 14.9 Å². The highest BCUT2D eigenvalue weighted by Gasteiger charge is 2.38. The fourth-order valence-electron chi connectivity index (χ4n) is 4.13. The summed E-state index contributed by atoms with van der Waals surface area (Å²) in [7, 11) is 0. The van der Waals surface area contributed by atoms with Crippen LogP contribution in [0.2, 0.25) is 0 Å². The number of carbonyl (C=O) groups excluding carboxylic acids is 1. The summed E-state index contributed by atoms with van der Waals surface area (Å²) in [6, 6.07) is 6.13. The van der Waals surface area contributed by atoms with E-state index in [0.29, 0.717) is 5.92 Å². The third-order valence-electron chi connectivity index (χ3n) is 5.96. The molecule has 182 valence electrons. The number of fused-ring (bicyclic) bond motifs is 1. The number of rotatable bonds is 3. The van der Waals surface area contributed by atoms with E-state index in [9.17, 15) is 18.0 Å². The summed E-state index contributed by atoms with van der Waals surface area (Å²) in [6.45, 7) is 3.80. The van der Waals surface area contributed by atoms with Gasteiger partial charge in [0.15, 0.2) is 11.5 Å². The van der Waals surface area contributed by atoms with E-state index in [1.54, 1.807) is 11.3 Å². The van der Waals surface area contributed by atoms with Crippen molar-refractivity contribution in [1.82, 2.24) is 19.5 Å². The summed E-state index contributed by atoms with van der Waals surface area (Å²) in [6.07, 6.45) is 1.40. The van der Waals surface area contributed by atoms with Gasteiger partial charge in [0.25, 0.3) is 5.91 Å². The predicted octanol–water partition coefficient (Wildman–Crippen LogP) is 4.04. The van der Waals surface area contributed by atoms with Gasteiger partial charge in [-0.3, -0.25) is 4.79 Å². The molecule has 0 atom stereocenters. The van der Waals surface area contributed by atoms with Gasteiger partial charge in [-0.15, -0.1) is 0 Å². The molecule has 3 aromatic heterocycles. The number of amides is 1. The molecule has 0 aliphatic carbocycles. The van der Waals surface area contributed by atoms with E-state index in [0.717, 1.165) is 56.1 Å². The monoisotopic (exact) mass is 495 g/mol. The van der Waals surface area contributed by atoms with Crippen LogP contribution in [0.4, 0.5) is 18.9 Å². The van der Waals surface area contributed by atoms with Crippen LogP contribution in [0.3, 0.4) is 0 Å². The summed E-state index contributed by atoms with van der Waals surface area (Å²) < 4.78 is 33.7. The molecule has 0 saturated carbocycles. The number of piperidine rings is 1. The van der Waals surface area contributed by atoms with Crippen molar-refractivity contribution in [2.45, 2.75) is 37.8 Å². The zero-order chi connectivity index (χ0) is 24.3. The third kappa shape index (κ3) is 5.49. The first-order valence-corrected chi connectivity index (χ1v) is 11.9. The molecular formula is C22H24F3N5O3S. The predicted molar refractivity (Wildman–Crippen MR) is 120 cm³/mol. The van der Waals surface area contributed by atoms with Gasteiger partial charge in [0, 0.05) is 37.5 Å². The second-order valence-corrected chi connectivity index (χ2v) is 9.02. The first-order valence-electron chi connectivity index (χ1n) is 11.0. The summed E-state index contributed by atoms with van der Waals surface area (Å²) in [5, 5.41) is 15.8. The quantitative estimate of drug-likeness (QED) is 0.590. The number of anilines is 1. The van der Waals surface area contributed by atoms with Crippen LogP contribution in [0.15, 0.2) is 35.2 Å². The molecule has 1 N–H and O–H groups in total. The number of hydrogen-bond acceptors (Lipinski definition) is 6. The molecule has 0 aromatic carbocycles. The zero-order valence-electron chi connectivity index (χ0n) is 18.2. The Labute approximate surface area is 197 Å². The van der Waals surface area contributed by atoms with Gasteiger partial charge in [-0.05, 0) is 49.3 Å². The molecule has 5 heterocycles. The number of hydrogen-bond donors (Lipinski definition) is 1. The lowest BCUT2D eigenvalue weighted by atomic mass is 9.96. The highest BCUT2D eigenvalue weighted by atomic mass is 32.1. The van der Waals surface area contributed by atoms with Crippen molar-refractivity contribution >= 4 is 34.5 Å². The van der Waals surface area contributed by atoms with Crippen molar-refractivity contribution < 1.29 is 27.9 Å². The number of alkyl halides is 3. The van der Waals surface area contributed by atoms with Crippen LogP contribution in [0.1, 0.15) is 47.8 Å². The van der Waals surface area contributed by atoms with Gasteiger partial charge in [0.05, 0.1) is 17.4 Å². The minimum absolute atomic E-state index is 0.146. The maximum Gasteiger partial charge on any atom is 0.490 e. The van der Waals surface area contributed by atoms with Crippen molar-refractivity contribution in [3.8, 4) is 0 Å². The number of thiophene rings is 1. The third-order valence-corrected chi connectivity index (χ3v) is 6.64. The highest BCUT2D eigenvalue weighted by molar-refractivity contribution is 7.08. The largest absolute Gasteiger partial charge is 0.490 e. The molecule has 1 amide bonds. The van der Waals surface area contributed by atoms with Gasteiger partial charge in [-0.1, -0.05) is 0 Å². The Morgan fingerprint density at radius 2 is 1.74 bits per heavy atom. The Hall–Kier alpha value is -3.15. The van der Waals surface area contributed by atoms with Crippen molar-refractivity contribution in [2.75, 3.05) is 31.1 Å². The number of pyridine rings is 1. The number of carboxylic acid groups (broad SMARTS) is 1. The topological polar surface area (TPSA) is 91.0 Å². The van der Waals surface area contributed by atoms with Crippen molar-refractivity contribution in [1.29, 1.82) is 0 Å². The minimum atomic E-state index is -5.08. The molecule has 8 nitrogen and oxygen atoms in total. The maximum atomic E-state index is 12.5. The standard InChI is InChI=1S/C20H23N5OS.C2HF3O2/c26-20(16-7-12-27-14-16)24-10-5-15(6-11-24)19-21-18-4-3-17(13-25(18)22-19)23-8-1-2-9-23;3-2(4,5)1(6)7/h3-4,7,12-15H,1-2,5-6,8-11H2;(H,6,7). The molecule has 5 rings (SSSR count). The van der Waals surface area contributed by atoms with E-state index in [1.807, 2.05) is 26.2 Å². The molecule has 2 fully saturated rings. The molecule has 12 heteroatoms. The van der Waals surface area contributed by atoms with Gasteiger partial charge in [0.2, 0.25) is 0 Å². The van der Waals surface area contributed by atoms with E-state index in [4.69, 9.17) is 20.0 Å². The van der Waals surface area contributed by atoms with Gasteiger partial charge >= 0.3 is 12.1 Å². The Kier molecular flexibility index (Phi) is 7.05. The van der Waals surface area contributed by atoms with Crippen LogP contribution in [0.25, 0.3) is 5.65 Å². The Morgan fingerprint density at radius 3 is 2.32 bits per heavy atom. The van der Waals surface area contributed by atoms with Crippen LogP contribution in [-0.2, 0) is 4.79 Å². The Morgan fingerprint density at radius 1 is 1.06 bits per heavy atom. The lowest BCUT2D eigenvalue weighted by Gasteiger charge is -2.30. The van der Waals surface area contributed by atoms with E-state index >= 15 is 0 Å². The first-order chi connectivity index (χ1) is 16.2. The highest BCUT2D eigenvalue weighted by Crippen LogP contribution is 2.28. The fraction of sp³-hybridized carbons (Fsp3) is 0.455. The second-order valence-electron chi connectivity index (χ2n) is 8.24. The lowest BCUT2D eigenvalue weighted by Crippen LogP contribution is -2.37. The number of halogens is 3. The van der Waals surface area contributed by atoms with E-state index in [2.05, 4.69) is 23.2 Å². The number of likely N-dealkylation sites (tertiary alicyclic amines) is 1. The van der Waals surface area contributed by atoms with Crippen LogP contribution in [0, 0.1) is 0 Å². The van der Waals surface area contributed by atoms with Gasteiger partial charge in [0.1, 0.15) is 0 Å². The summed E-state index contributed by atoms with van der Waals surface area (Å²) >= 11 is 1.57. The average Bonchev–Trinajstić information content (AvgIpc) is 3.59. The molecule has 34 heavy (non-hydrogen) atoms. The first kappa shape index (κ1) is 24.0. The molecule has 2 aliphatic rings. The summed E-state index contributed by atoms with van der Waals surface area (Å²) in [4.78, 5) is 30.5. The van der Waals surface area contributed by atoms with Crippen LogP contribution >= 0.6 is 11.3 Å². The molecule has 2 aliphatic heterocycles. The number of carboxylic acids is 1. The summed E-state index contributed by atoms with van der Waals surface area (Å²) in [5.74, 6) is -1.37. The number of aliphatic carboxylic acids is 1. The van der Waals surface area contributed by atoms with E-state index in [-0.39, 0.29) is 5.91 Å². The van der Waals surface area contributed by atoms with Crippen LogP contribution in [0.5, 0.6) is 0 Å². The Bertz CT molecular complexity index is 1130. The van der Waals surface area contributed by atoms with E-state index < -0.39 is 12.1 Å². The minimum Gasteiger partial charge on any atom is -0.475 e. The summed E-state index contributed by atoms with van der Waals surface area (Å²) in [5.41, 5.74) is 2.94. The molecule has 0 unspecified atom stereocenters. The molecule has 2 saturated heterocycles. The van der Waals surface area contributed by atoms with Crippen LogP contribution in [-0.4, -0.2) is 68.8 Å². The molecule has 0 radical (unpaired) electrons. The van der Waals surface area contributed by atoms with Crippen LogP contribution < -0.4 is 4.90 Å². The number of carbonyl (C=O) groups is 2.